The number of halogens is 4. The van der Waals surface area contributed by atoms with Crippen molar-refractivity contribution in [1.29, 1.82) is 0 Å². The fourth-order valence-electron chi connectivity index (χ4n) is 5.23. The second kappa shape index (κ2) is 9.65. The van der Waals surface area contributed by atoms with E-state index in [1.807, 2.05) is 0 Å². The van der Waals surface area contributed by atoms with E-state index < -0.39 is 39.1 Å². The molecule has 2 aliphatic rings. The van der Waals surface area contributed by atoms with Gasteiger partial charge < -0.3 is 10.6 Å². The van der Waals surface area contributed by atoms with E-state index in [1.54, 1.807) is 4.90 Å². The van der Waals surface area contributed by atoms with Crippen LogP contribution in [-0.4, -0.2) is 43.1 Å². The minimum Gasteiger partial charge on any atom is -0.337 e. The lowest BCUT2D eigenvalue weighted by atomic mass is 9.82. The standard InChI is InChI=1S/C24H26F4N2O3S/c25-16-1-5-19(6-2-16)34(32,33)8-7-24(31)30-17-3-4-18(30)10-15(9-17)23(29)12-14-11-21(27)22(28)13-20(14)26/h1-2,5-6,11,13,15,17-18,23H,3-4,7-10,12,29H2/t15?,17-,18+,23?. The van der Waals surface area contributed by atoms with Gasteiger partial charge in [-0.05, 0) is 73.9 Å². The van der Waals surface area contributed by atoms with Gasteiger partial charge in [-0.15, -0.1) is 0 Å². The van der Waals surface area contributed by atoms with Gasteiger partial charge in [0, 0.05) is 30.6 Å². The first-order chi connectivity index (χ1) is 16.0. The highest BCUT2D eigenvalue weighted by atomic mass is 32.2. The van der Waals surface area contributed by atoms with Gasteiger partial charge in [0.05, 0.1) is 10.6 Å². The van der Waals surface area contributed by atoms with Crippen molar-refractivity contribution in [3.8, 4) is 0 Å². The first kappa shape index (κ1) is 24.7. The maximum absolute atomic E-state index is 14.0. The highest BCUT2D eigenvalue weighted by Crippen LogP contribution is 2.40. The molecule has 2 aromatic rings. The lowest BCUT2D eigenvalue weighted by molar-refractivity contribution is -0.136. The second-order valence-corrected chi connectivity index (χ2v) is 11.3. The highest BCUT2D eigenvalue weighted by Gasteiger charge is 2.44. The molecular weight excluding hydrogens is 472 g/mol. The highest BCUT2D eigenvalue weighted by molar-refractivity contribution is 7.91. The molecule has 2 aliphatic heterocycles. The Balaban J connectivity index is 1.36. The van der Waals surface area contributed by atoms with Gasteiger partial charge >= 0.3 is 0 Å². The van der Waals surface area contributed by atoms with Crippen LogP contribution < -0.4 is 5.73 Å². The van der Waals surface area contributed by atoms with E-state index >= 15 is 0 Å². The van der Waals surface area contributed by atoms with Gasteiger partial charge in [-0.25, -0.2) is 26.0 Å². The monoisotopic (exact) mass is 498 g/mol. The number of hydrogen-bond donors (Lipinski definition) is 1. The minimum atomic E-state index is -3.72. The predicted molar refractivity (Wildman–Crippen MR) is 117 cm³/mol. The van der Waals surface area contributed by atoms with Crippen LogP contribution in [0.1, 0.15) is 37.7 Å². The van der Waals surface area contributed by atoms with E-state index in [4.69, 9.17) is 5.73 Å². The summed E-state index contributed by atoms with van der Waals surface area (Å²) in [6.45, 7) is 0. The van der Waals surface area contributed by atoms with Crippen LogP contribution >= 0.6 is 0 Å². The Hall–Kier alpha value is -2.46. The van der Waals surface area contributed by atoms with Crippen LogP contribution in [0, 0.1) is 29.2 Å². The number of hydrogen-bond acceptors (Lipinski definition) is 4. The molecule has 10 heteroatoms. The van der Waals surface area contributed by atoms with Gasteiger partial charge in [0.2, 0.25) is 5.91 Å². The third kappa shape index (κ3) is 5.12. The first-order valence-corrected chi connectivity index (χ1v) is 12.9. The molecule has 5 nitrogen and oxygen atoms in total. The smallest absolute Gasteiger partial charge is 0.224 e. The molecule has 184 valence electrons. The number of fused-ring (bicyclic) bond motifs is 2. The number of carbonyl (C=O) groups excluding carboxylic acids is 1. The summed E-state index contributed by atoms with van der Waals surface area (Å²) >= 11 is 0. The van der Waals surface area contributed by atoms with E-state index in [1.165, 1.54) is 12.1 Å². The Bertz CT molecular complexity index is 1160. The van der Waals surface area contributed by atoms with Crippen molar-refractivity contribution in [3.63, 3.8) is 0 Å². The van der Waals surface area contributed by atoms with Gasteiger partial charge in [-0.3, -0.25) is 4.79 Å². The summed E-state index contributed by atoms with van der Waals surface area (Å²) in [5.41, 5.74) is 6.33. The Labute approximate surface area is 195 Å². The van der Waals surface area contributed by atoms with E-state index in [0.717, 1.165) is 31.0 Å². The SMILES string of the molecule is NC(Cc1cc(F)c(F)cc1F)C1C[C@H]2CC[C@@H](C1)N2C(=O)CCS(=O)(=O)c1ccc(F)cc1. The lowest BCUT2D eigenvalue weighted by Crippen LogP contribution is -2.50. The maximum Gasteiger partial charge on any atom is 0.224 e. The number of nitrogens with two attached hydrogens (primary N) is 1. The van der Waals surface area contributed by atoms with Crippen LogP contribution in [0.2, 0.25) is 0 Å². The number of amides is 1. The van der Waals surface area contributed by atoms with E-state index in [0.29, 0.717) is 18.9 Å². The van der Waals surface area contributed by atoms with Crippen LogP contribution in [0.4, 0.5) is 17.6 Å². The third-order valence-electron chi connectivity index (χ3n) is 6.97. The van der Waals surface area contributed by atoms with Crippen LogP contribution in [0.3, 0.4) is 0 Å². The number of nitrogens with zero attached hydrogens (tertiary/aromatic N) is 1. The van der Waals surface area contributed by atoms with Crippen LogP contribution in [0.5, 0.6) is 0 Å². The quantitative estimate of drug-likeness (QED) is 0.358. The van der Waals surface area contributed by atoms with Crippen LogP contribution in [0.25, 0.3) is 0 Å². The maximum atomic E-state index is 14.0. The van der Waals surface area contributed by atoms with Gasteiger partial charge in [0.1, 0.15) is 11.6 Å². The molecule has 4 atom stereocenters. The zero-order valence-electron chi connectivity index (χ0n) is 18.4. The molecule has 0 aromatic heterocycles. The second-order valence-electron chi connectivity index (χ2n) is 9.17. The molecule has 2 unspecified atom stereocenters. The Kier molecular flexibility index (Phi) is 7.00. The number of carbonyl (C=O) groups is 1. The normalized spacial score (nSPS) is 23.2. The van der Waals surface area contributed by atoms with Crippen LogP contribution in [0.15, 0.2) is 41.3 Å². The summed E-state index contributed by atoms with van der Waals surface area (Å²) in [6, 6.07) is 5.17. The number of sulfone groups is 1. The molecule has 0 radical (unpaired) electrons. The molecular formula is C24H26F4N2O3S. The minimum absolute atomic E-state index is 0.0169. The average molecular weight is 499 g/mol. The molecule has 2 aromatic carbocycles. The third-order valence-corrected chi connectivity index (χ3v) is 8.70. The molecule has 4 rings (SSSR count). The summed E-state index contributed by atoms with van der Waals surface area (Å²) in [6.07, 6.45) is 2.58. The summed E-state index contributed by atoms with van der Waals surface area (Å²) in [4.78, 5) is 14.6. The summed E-state index contributed by atoms with van der Waals surface area (Å²) < 4.78 is 78.8. The van der Waals surface area contributed by atoms with Gasteiger partial charge in [0.15, 0.2) is 21.5 Å². The zero-order valence-corrected chi connectivity index (χ0v) is 19.2. The fraction of sp³-hybridized carbons (Fsp3) is 0.458. The zero-order chi connectivity index (χ0) is 24.6. The van der Waals surface area contributed by atoms with Gasteiger partial charge in [-0.1, -0.05) is 0 Å². The van der Waals surface area contributed by atoms with Gasteiger partial charge in [-0.2, -0.15) is 0 Å². The summed E-state index contributed by atoms with van der Waals surface area (Å²) in [5, 5.41) is 0. The van der Waals surface area contributed by atoms with E-state index in [2.05, 4.69) is 0 Å². The van der Waals surface area contributed by atoms with E-state index in [-0.39, 0.29) is 53.0 Å². The predicted octanol–water partition coefficient (Wildman–Crippen LogP) is 3.75. The molecule has 0 saturated carbocycles. The fourth-order valence-corrected chi connectivity index (χ4v) is 6.46. The molecule has 2 N–H and O–H groups in total. The number of piperidine rings is 1. The molecule has 2 bridgehead atoms. The van der Waals surface area contributed by atoms with Crippen LogP contribution in [-0.2, 0) is 21.1 Å². The van der Waals surface area contributed by atoms with Crippen molar-refractivity contribution < 1.29 is 30.8 Å². The summed E-state index contributed by atoms with van der Waals surface area (Å²) in [5.74, 6) is -4.41. The number of rotatable bonds is 7. The molecule has 2 saturated heterocycles. The topological polar surface area (TPSA) is 80.5 Å². The Morgan fingerprint density at radius 3 is 2.18 bits per heavy atom. The molecule has 0 aliphatic carbocycles. The van der Waals surface area contributed by atoms with Gasteiger partial charge in [0.25, 0.3) is 0 Å². The van der Waals surface area contributed by atoms with Crippen molar-refractivity contribution in [3.05, 3.63) is 65.2 Å². The Morgan fingerprint density at radius 2 is 1.56 bits per heavy atom. The number of benzene rings is 2. The van der Waals surface area contributed by atoms with Crippen molar-refractivity contribution >= 4 is 15.7 Å². The molecule has 2 fully saturated rings. The molecule has 2 heterocycles. The molecule has 0 spiro atoms. The van der Waals surface area contributed by atoms with Crippen molar-refractivity contribution in [2.75, 3.05) is 5.75 Å². The first-order valence-electron chi connectivity index (χ1n) is 11.2. The van der Waals surface area contributed by atoms with Crippen molar-refractivity contribution in [2.24, 2.45) is 11.7 Å². The summed E-state index contributed by atoms with van der Waals surface area (Å²) in [7, 11) is -3.72. The van der Waals surface area contributed by atoms with Crippen molar-refractivity contribution in [2.45, 2.75) is 61.5 Å². The Morgan fingerprint density at radius 1 is 0.971 bits per heavy atom. The van der Waals surface area contributed by atoms with Crippen molar-refractivity contribution in [1.82, 2.24) is 4.90 Å². The van der Waals surface area contributed by atoms with E-state index in [9.17, 15) is 30.8 Å². The average Bonchev–Trinajstić information content (AvgIpc) is 3.05. The molecule has 1 amide bonds. The lowest BCUT2D eigenvalue weighted by Gasteiger charge is -2.41. The molecule has 34 heavy (non-hydrogen) atoms. The largest absolute Gasteiger partial charge is 0.337 e.